The number of nitrogens with one attached hydrogen (secondary N) is 3. The van der Waals surface area contributed by atoms with Gasteiger partial charge in [0, 0.05) is 26.2 Å². The number of amidine groups is 1. The van der Waals surface area contributed by atoms with Crippen molar-refractivity contribution in [2.75, 3.05) is 20.6 Å². The van der Waals surface area contributed by atoms with Gasteiger partial charge in [0.05, 0.1) is 0 Å². The SMILES string of the molecule is CCCC[C@@H](NC(=O)C(Cc1ccc(C(=N)N)cc1)C(=O)N(C)C)C(=O)N[C@@H](CCCN=C(N)N)C(=O)O.O=C(O)C(F)(F)F. The first kappa shape index (κ1) is 40.1. The van der Waals surface area contributed by atoms with E-state index in [1.807, 2.05) is 6.92 Å². The van der Waals surface area contributed by atoms with Crippen LogP contribution in [0.5, 0.6) is 0 Å². The maximum absolute atomic E-state index is 13.3. The Kier molecular flexibility index (Phi) is 17.3. The van der Waals surface area contributed by atoms with Crippen molar-refractivity contribution in [1.29, 1.82) is 5.41 Å². The predicted molar refractivity (Wildman–Crippen MR) is 158 cm³/mol. The third kappa shape index (κ3) is 15.9. The van der Waals surface area contributed by atoms with Crippen LogP contribution >= 0.6 is 0 Å². The summed E-state index contributed by atoms with van der Waals surface area (Å²) in [5.41, 5.74) is 17.2. The number of halogens is 3. The molecule has 1 rings (SSSR count). The Bertz CT molecular complexity index is 1200. The van der Waals surface area contributed by atoms with Crippen molar-refractivity contribution < 1.29 is 47.4 Å². The van der Waals surface area contributed by atoms with Crippen molar-refractivity contribution in [3.63, 3.8) is 0 Å². The first-order valence-electron chi connectivity index (χ1n) is 13.6. The Hall–Kier alpha value is -4.90. The Morgan fingerprint density at radius 2 is 1.44 bits per heavy atom. The van der Waals surface area contributed by atoms with Gasteiger partial charge in [-0.15, -0.1) is 0 Å². The highest BCUT2D eigenvalue weighted by atomic mass is 19.4. The van der Waals surface area contributed by atoms with Gasteiger partial charge in [-0.05, 0) is 31.2 Å². The predicted octanol–water partition coefficient (Wildman–Crippen LogP) is 0.149. The van der Waals surface area contributed by atoms with Crippen LogP contribution in [0.25, 0.3) is 0 Å². The summed E-state index contributed by atoms with van der Waals surface area (Å²) in [6.07, 6.45) is -3.01. The second-order valence-electron chi connectivity index (χ2n) is 9.95. The number of guanidine groups is 1. The molecule has 0 fully saturated rings. The Morgan fingerprint density at radius 1 is 0.933 bits per heavy atom. The number of nitrogens with two attached hydrogens (primary N) is 3. The maximum atomic E-state index is 13.3. The number of alkyl halides is 3. The van der Waals surface area contributed by atoms with E-state index in [1.54, 1.807) is 24.3 Å². The van der Waals surface area contributed by atoms with Crippen LogP contribution < -0.4 is 27.8 Å². The number of aliphatic imine (C=N–C) groups is 1. The van der Waals surface area contributed by atoms with Crippen LogP contribution in [0.15, 0.2) is 29.3 Å². The molecule has 0 aliphatic rings. The van der Waals surface area contributed by atoms with Gasteiger partial charge in [0.1, 0.15) is 23.8 Å². The molecule has 0 saturated carbocycles. The monoisotopic (exact) mass is 646 g/mol. The quantitative estimate of drug-likeness (QED) is 0.0521. The van der Waals surface area contributed by atoms with Gasteiger partial charge in [0.25, 0.3) is 0 Å². The number of nitrogen functional groups attached to an aromatic ring is 1. The van der Waals surface area contributed by atoms with Crippen molar-refractivity contribution in [1.82, 2.24) is 15.5 Å². The summed E-state index contributed by atoms with van der Waals surface area (Å²) in [4.78, 5) is 64.9. The minimum Gasteiger partial charge on any atom is -0.480 e. The number of benzene rings is 1. The number of carbonyl (C=O) groups excluding carboxylic acids is 3. The lowest BCUT2D eigenvalue weighted by molar-refractivity contribution is -0.192. The normalized spacial score (nSPS) is 12.7. The highest BCUT2D eigenvalue weighted by Crippen LogP contribution is 2.15. The molecule has 3 atom stereocenters. The maximum Gasteiger partial charge on any atom is 0.490 e. The smallest absolute Gasteiger partial charge is 0.480 e. The molecule has 3 amide bonds. The average Bonchev–Trinajstić information content (AvgIpc) is 2.94. The summed E-state index contributed by atoms with van der Waals surface area (Å²) in [5, 5.41) is 29.3. The molecule has 45 heavy (non-hydrogen) atoms. The number of carbonyl (C=O) groups is 5. The number of nitrogens with zero attached hydrogens (tertiary/aromatic N) is 2. The standard InChI is InChI=1S/C25H40N8O5.C2HF3O2/c1-4-5-7-18(22(35)32-19(24(37)38)8-6-13-30-25(28)29)31-21(34)17(23(36)33(2)3)14-15-9-11-16(12-10-15)20(26)27;3-2(4,5)1(6)7/h9-12,17-19H,4-8,13-14H2,1-3H3,(H3,26,27)(H,31,34)(H,32,35)(H,37,38)(H4,28,29,30);(H,6,7)/t17?,18-,19+;/m1./s1. The van der Waals surface area contributed by atoms with Gasteiger partial charge in [-0.25, -0.2) is 9.59 Å². The number of aliphatic carboxylic acids is 2. The minimum atomic E-state index is -5.08. The summed E-state index contributed by atoms with van der Waals surface area (Å²) in [6, 6.07) is 4.39. The van der Waals surface area contributed by atoms with Crippen LogP contribution in [-0.2, 0) is 30.4 Å². The molecule has 0 heterocycles. The molecule has 0 saturated heterocycles. The summed E-state index contributed by atoms with van der Waals surface area (Å²) in [6.45, 7) is 2.13. The topological polar surface area (TPSA) is 267 Å². The lowest BCUT2D eigenvalue weighted by Crippen LogP contribution is -2.54. The van der Waals surface area contributed by atoms with Crippen molar-refractivity contribution >= 4 is 41.5 Å². The molecule has 252 valence electrons. The van der Waals surface area contributed by atoms with E-state index in [0.717, 1.165) is 6.42 Å². The summed E-state index contributed by atoms with van der Waals surface area (Å²) in [5.74, 6) is -7.06. The first-order chi connectivity index (χ1) is 20.8. The van der Waals surface area contributed by atoms with Crippen LogP contribution in [0.3, 0.4) is 0 Å². The van der Waals surface area contributed by atoms with Gasteiger partial charge in [-0.2, -0.15) is 13.2 Å². The zero-order valence-corrected chi connectivity index (χ0v) is 25.2. The fourth-order valence-electron chi connectivity index (χ4n) is 3.64. The molecule has 1 aromatic rings. The van der Waals surface area contributed by atoms with Crippen molar-refractivity contribution in [3.8, 4) is 0 Å². The molecule has 0 aromatic heterocycles. The summed E-state index contributed by atoms with van der Waals surface area (Å²) < 4.78 is 31.7. The van der Waals surface area contributed by atoms with E-state index in [4.69, 9.17) is 32.5 Å². The van der Waals surface area contributed by atoms with E-state index in [1.165, 1.54) is 19.0 Å². The van der Waals surface area contributed by atoms with Crippen molar-refractivity contribution in [2.45, 2.75) is 63.7 Å². The van der Waals surface area contributed by atoms with Gasteiger partial charge in [-0.1, -0.05) is 44.0 Å². The Balaban J connectivity index is 0.00000246. The molecule has 11 N–H and O–H groups in total. The van der Waals surface area contributed by atoms with E-state index in [-0.39, 0.29) is 37.6 Å². The van der Waals surface area contributed by atoms with Gasteiger partial charge in [-0.3, -0.25) is 24.8 Å². The molecular weight excluding hydrogens is 605 g/mol. The van der Waals surface area contributed by atoms with E-state index in [2.05, 4.69) is 15.6 Å². The zero-order chi connectivity index (χ0) is 34.9. The molecule has 1 unspecified atom stereocenters. The van der Waals surface area contributed by atoms with Gasteiger partial charge < -0.3 is 42.9 Å². The number of rotatable bonds is 16. The Morgan fingerprint density at radius 3 is 1.87 bits per heavy atom. The van der Waals surface area contributed by atoms with Crippen LogP contribution in [0.2, 0.25) is 0 Å². The van der Waals surface area contributed by atoms with Crippen LogP contribution in [0, 0.1) is 11.3 Å². The fourth-order valence-corrected chi connectivity index (χ4v) is 3.64. The van der Waals surface area contributed by atoms with Crippen LogP contribution in [0.4, 0.5) is 13.2 Å². The van der Waals surface area contributed by atoms with Gasteiger partial charge >= 0.3 is 18.1 Å². The molecule has 0 bridgehead atoms. The molecular formula is C27H41F3N8O7. The van der Waals surface area contributed by atoms with Gasteiger partial charge in [0.2, 0.25) is 17.7 Å². The fraction of sp³-hybridized carbons (Fsp3) is 0.519. The second kappa shape index (κ2) is 19.4. The molecule has 0 aliphatic heterocycles. The van der Waals surface area contributed by atoms with Gasteiger partial charge in [0.15, 0.2) is 5.96 Å². The number of hydrogen-bond acceptors (Lipinski definition) is 7. The molecule has 0 spiro atoms. The number of hydrogen-bond donors (Lipinski definition) is 8. The third-order valence-corrected chi connectivity index (χ3v) is 6.04. The van der Waals surface area contributed by atoms with E-state index >= 15 is 0 Å². The number of carboxylic acid groups (broad SMARTS) is 2. The van der Waals surface area contributed by atoms with E-state index < -0.39 is 53.8 Å². The largest absolute Gasteiger partial charge is 0.490 e. The Labute approximate surface area is 257 Å². The van der Waals surface area contributed by atoms with Crippen LogP contribution in [-0.4, -0.2) is 95.5 Å². The lowest BCUT2D eigenvalue weighted by Gasteiger charge is -2.25. The molecule has 15 nitrogen and oxygen atoms in total. The second-order valence-corrected chi connectivity index (χ2v) is 9.95. The summed E-state index contributed by atoms with van der Waals surface area (Å²) >= 11 is 0. The molecule has 0 radical (unpaired) electrons. The molecule has 0 aliphatic carbocycles. The van der Waals surface area contributed by atoms with Crippen LogP contribution in [0.1, 0.15) is 50.2 Å². The average molecular weight is 647 g/mol. The highest BCUT2D eigenvalue weighted by molar-refractivity contribution is 6.02. The van der Waals surface area contributed by atoms with E-state index in [0.29, 0.717) is 24.0 Å². The zero-order valence-electron chi connectivity index (χ0n) is 25.2. The third-order valence-electron chi connectivity index (χ3n) is 6.04. The molecule has 18 heteroatoms. The molecule has 1 aromatic carbocycles. The number of amides is 3. The highest BCUT2D eigenvalue weighted by Gasteiger charge is 2.38. The minimum absolute atomic E-state index is 0.0612. The van der Waals surface area contributed by atoms with E-state index in [9.17, 15) is 37.5 Å². The van der Waals surface area contributed by atoms with Crippen molar-refractivity contribution in [2.24, 2.45) is 28.1 Å². The summed E-state index contributed by atoms with van der Waals surface area (Å²) in [7, 11) is 3.06. The number of carboxylic acids is 2. The lowest BCUT2D eigenvalue weighted by atomic mass is 9.95. The number of unbranched alkanes of at least 4 members (excludes halogenated alkanes) is 1. The van der Waals surface area contributed by atoms with Crippen molar-refractivity contribution in [3.05, 3.63) is 35.4 Å². The first-order valence-corrected chi connectivity index (χ1v) is 13.6.